The van der Waals surface area contributed by atoms with Gasteiger partial charge in [0.2, 0.25) is 12.2 Å². The van der Waals surface area contributed by atoms with Crippen LogP contribution in [0.3, 0.4) is 0 Å². The van der Waals surface area contributed by atoms with Gasteiger partial charge in [0, 0.05) is 30.8 Å². The van der Waals surface area contributed by atoms with Gasteiger partial charge in [-0.05, 0) is 12.5 Å². The summed E-state index contributed by atoms with van der Waals surface area (Å²) in [4.78, 5) is 27.7. The molecule has 1 saturated heterocycles. The maximum atomic E-state index is 12.5. The van der Waals surface area contributed by atoms with E-state index in [-0.39, 0.29) is 37.6 Å². The average molecular weight is 384 g/mol. The van der Waals surface area contributed by atoms with Crippen LogP contribution < -0.4 is 5.32 Å². The number of ketones is 1. The van der Waals surface area contributed by atoms with E-state index in [0.717, 1.165) is 11.8 Å². The van der Waals surface area contributed by atoms with Gasteiger partial charge in [0.1, 0.15) is 23.2 Å². The average Bonchev–Trinajstić information content (AvgIpc) is 2.62. The Labute approximate surface area is 153 Å². The molecule has 2 aliphatic heterocycles. The number of nitrogens with one attached hydrogen (secondary N) is 1. The van der Waals surface area contributed by atoms with Crippen LogP contribution in [0.15, 0.2) is 15.8 Å². The van der Waals surface area contributed by atoms with Crippen molar-refractivity contribution in [2.75, 3.05) is 13.1 Å². The highest BCUT2D eigenvalue weighted by atomic mass is 32.2. The molecule has 0 radical (unpaired) electrons. The van der Waals surface area contributed by atoms with E-state index in [4.69, 9.17) is 15.0 Å². The Morgan fingerprint density at radius 2 is 2.19 bits per heavy atom. The minimum Gasteiger partial charge on any atom is -0.467 e. The van der Waals surface area contributed by atoms with Crippen LogP contribution in [-0.4, -0.2) is 64.8 Å². The van der Waals surface area contributed by atoms with Crippen molar-refractivity contribution in [2.45, 2.75) is 49.6 Å². The third-order valence-corrected chi connectivity index (χ3v) is 6.08. The Kier molecular flexibility index (Phi) is 5.73. The highest BCUT2D eigenvalue weighted by Gasteiger charge is 2.50. The zero-order valence-electron chi connectivity index (χ0n) is 14.1. The summed E-state index contributed by atoms with van der Waals surface area (Å²) in [5.74, 6) is -0.716. The minimum atomic E-state index is -1.07. The van der Waals surface area contributed by atoms with E-state index in [9.17, 15) is 19.8 Å². The molecule has 6 atom stereocenters. The number of aliphatic hydroxyl groups is 2. The van der Waals surface area contributed by atoms with E-state index in [2.05, 4.69) is 15.3 Å². The van der Waals surface area contributed by atoms with Crippen LogP contribution in [0, 0.1) is 5.92 Å². The summed E-state index contributed by atoms with van der Waals surface area (Å²) in [5, 5.41) is 25.6. The molecule has 1 amide bonds. The Hall–Kier alpha value is -1.78. The van der Waals surface area contributed by atoms with Gasteiger partial charge in [-0.3, -0.25) is 9.59 Å². The number of thioether (sulfide) groups is 1. The number of amides is 1. The lowest BCUT2D eigenvalue weighted by atomic mass is 9.91. The predicted molar refractivity (Wildman–Crippen MR) is 90.6 cm³/mol. The first kappa shape index (κ1) is 19.0. The van der Waals surface area contributed by atoms with Gasteiger partial charge in [-0.1, -0.05) is 5.11 Å². The molecular weight excluding hydrogens is 364 g/mol. The Bertz CT molecular complexity index is 679. The molecule has 3 N–H and O–H groups in total. The van der Waals surface area contributed by atoms with Crippen LogP contribution in [0.1, 0.15) is 19.8 Å². The third-order valence-electron chi connectivity index (χ3n) is 4.61. The van der Waals surface area contributed by atoms with Crippen molar-refractivity contribution in [1.82, 2.24) is 5.32 Å². The topological polar surface area (TPSA) is 154 Å². The number of hydrogen-bond acceptors (Lipinski definition) is 8. The Balaban J connectivity index is 1.69. The molecule has 0 saturated carbocycles. The molecule has 6 unspecified atom stereocenters. The number of allylic oxidation sites excluding steroid dienone is 2. The van der Waals surface area contributed by atoms with E-state index in [1.165, 1.54) is 0 Å². The minimum absolute atomic E-state index is 0.0375. The van der Waals surface area contributed by atoms with Crippen molar-refractivity contribution in [2.24, 2.45) is 11.0 Å². The van der Waals surface area contributed by atoms with Crippen LogP contribution in [0.25, 0.3) is 10.4 Å². The lowest BCUT2D eigenvalue weighted by molar-refractivity contribution is -0.231. The molecule has 0 aromatic carbocycles. The lowest BCUT2D eigenvalue weighted by Gasteiger charge is -2.45. The zero-order valence-corrected chi connectivity index (χ0v) is 14.9. The molecule has 2 heterocycles. The zero-order chi connectivity index (χ0) is 18.8. The molecule has 10 nitrogen and oxygen atoms in total. The predicted octanol–water partition coefficient (Wildman–Crippen LogP) is 0.202. The summed E-state index contributed by atoms with van der Waals surface area (Å²) in [6.07, 6.45) is -3.23. The second kappa shape index (κ2) is 7.85. The van der Waals surface area contributed by atoms with E-state index < -0.39 is 35.8 Å². The van der Waals surface area contributed by atoms with E-state index in [1.807, 2.05) is 0 Å². The van der Waals surface area contributed by atoms with Gasteiger partial charge in [-0.2, -0.15) is 0 Å². The number of nitrogens with zero attached hydrogens (tertiary/aromatic N) is 3. The molecule has 3 rings (SSSR count). The molecule has 11 heteroatoms. The number of ether oxygens (including phenoxy) is 2. The SMILES string of the molecule is CC1OC2OC3=C(SC2C(O)C1O)C(=O)CC(C(=O)NCCN=[N+]=[N-])C3. The Morgan fingerprint density at radius 3 is 2.92 bits per heavy atom. The van der Waals surface area contributed by atoms with Crippen molar-refractivity contribution < 1.29 is 29.3 Å². The van der Waals surface area contributed by atoms with Crippen LogP contribution in [0.5, 0.6) is 0 Å². The van der Waals surface area contributed by atoms with Gasteiger partial charge in [0.05, 0.1) is 16.9 Å². The number of Topliss-reactive ketones (excluding diaryl/α,β-unsaturated/α-hetero) is 1. The van der Waals surface area contributed by atoms with Gasteiger partial charge < -0.3 is 25.0 Å². The largest absolute Gasteiger partial charge is 0.467 e. The van der Waals surface area contributed by atoms with Crippen LogP contribution in [0.4, 0.5) is 0 Å². The van der Waals surface area contributed by atoms with Crippen LogP contribution >= 0.6 is 11.8 Å². The first-order valence-electron chi connectivity index (χ1n) is 8.32. The summed E-state index contributed by atoms with van der Waals surface area (Å²) < 4.78 is 11.4. The first-order valence-corrected chi connectivity index (χ1v) is 9.20. The number of azide groups is 1. The summed E-state index contributed by atoms with van der Waals surface area (Å²) in [7, 11) is 0. The molecule has 1 aliphatic carbocycles. The molecule has 0 aromatic rings. The molecule has 142 valence electrons. The fourth-order valence-corrected chi connectivity index (χ4v) is 4.48. The van der Waals surface area contributed by atoms with Crippen molar-refractivity contribution in [3.05, 3.63) is 21.1 Å². The highest BCUT2D eigenvalue weighted by Crippen LogP contribution is 2.46. The number of carbonyl (C=O) groups excluding carboxylic acids is 2. The third kappa shape index (κ3) is 3.67. The second-order valence-electron chi connectivity index (χ2n) is 6.42. The quantitative estimate of drug-likeness (QED) is 0.271. The maximum Gasteiger partial charge on any atom is 0.224 e. The van der Waals surface area contributed by atoms with Gasteiger partial charge in [-0.25, -0.2) is 0 Å². The van der Waals surface area contributed by atoms with Crippen molar-refractivity contribution >= 4 is 23.5 Å². The monoisotopic (exact) mass is 384 g/mol. The number of hydrogen-bond donors (Lipinski definition) is 3. The fraction of sp³-hybridized carbons (Fsp3) is 0.733. The number of aliphatic hydroxyl groups excluding tert-OH is 2. The van der Waals surface area contributed by atoms with Crippen LogP contribution in [0.2, 0.25) is 0 Å². The second-order valence-corrected chi connectivity index (χ2v) is 7.61. The van der Waals surface area contributed by atoms with E-state index in [1.54, 1.807) is 6.92 Å². The summed E-state index contributed by atoms with van der Waals surface area (Å²) >= 11 is 1.14. The molecule has 26 heavy (non-hydrogen) atoms. The molecule has 0 spiro atoms. The van der Waals surface area contributed by atoms with E-state index in [0.29, 0.717) is 10.7 Å². The smallest absolute Gasteiger partial charge is 0.224 e. The molecule has 0 bridgehead atoms. The van der Waals surface area contributed by atoms with Crippen molar-refractivity contribution in [3.8, 4) is 0 Å². The number of rotatable bonds is 4. The van der Waals surface area contributed by atoms with Gasteiger partial charge in [-0.15, -0.1) is 11.8 Å². The Morgan fingerprint density at radius 1 is 1.42 bits per heavy atom. The lowest BCUT2D eigenvalue weighted by Crippen LogP contribution is -2.57. The summed E-state index contributed by atoms with van der Waals surface area (Å²) in [6.45, 7) is 1.97. The molecule has 1 fully saturated rings. The fourth-order valence-electron chi connectivity index (χ4n) is 3.20. The summed E-state index contributed by atoms with van der Waals surface area (Å²) in [6, 6.07) is 0. The van der Waals surface area contributed by atoms with Crippen molar-refractivity contribution in [1.29, 1.82) is 0 Å². The standard InChI is InChI=1S/C15H20N4O6S/c1-6-10(21)11(22)13-15(24-6)25-9-5-7(4-8(20)12(9)26-13)14(23)17-2-3-18-19-16/h6-7,10-11,13,15,21-22H,2-5H2,1H3,(H,17,23). The maximum absolute atomic E-state index is 12.5. The number of fused-ring (bicyclic) bond motifs is 1. The molecule has 0 aromatic heterocycles. The first-order chi connectivity index (χ1) is 12.4. The van der Waals surface area contributed by atoms with Crippen molar-refractivity contribution in [3.63, 3.8) is 0 Å². The molecular formula is C15H20N4O6S. The molecule has 3 aliphatic rings. The van der Waals surface area contributed by atoms with Gasteiger partial charge in [0.25, 0.3) is 0 Å². The normalized spacial score (nSPS) is 36.3. The number of carbonyl (C=O) groups is 2. The highest BCUT2D eigenvalue weighted by molar-refractivity contribution is 8.04. The van der Waals surface area contributed by atoms with Crippen LogP contribution in [-0.2, 0) is 19.1 Å². The summed E-state index contributed by atoms with van der Waals surface area (Å²) in [5.41, 5.74) is 8.22. The van der Waals surface area contributed by atoms with Gasteiger partial charge >= 0.3 is 0 Å². The van der Waals surface area contributed by atoms with Gasteiger partial charge in [0.15, 0.2) is 5.78 Å². The van der Waals surface area contributed by atoms with E-state index >= 15 is 0 Å².